The number of hydrogen-bond acceptors (Lipinski definition) is 3. The van der Waals surface area contributed by atoms with E-state index in [2.05, 4.69) is 23.2 Å². The summed E-state index contributed by atoms with van der Waals surface area (Å²) in [6.07, 6.45) is 1.71. The second-order valence-corrected chi connectivity index (χ2v) is 8.54. The summed E-state index contributed by atoms with van der Waals surface area (Å²) in [5.41, 5.74) is 3.40. The van der Waals surface area contributed by atoms with Gasteiger partial charge < -0.3 is 10.1 Å². The minimum Gasteiger partial charge on any atom is -0.491 e. The SMILES string of the molecule is Cc1ccc(OCCNC(=O)C2CCN(Cc3ccc(Cl)cc3Cl)CC2)c(C)c1. The van der Waals surface area contributed by atoms with Gasteiger partial charge in [-0.25, -0.2) is 0 Å². The molecular weight excluding hydrogens is 407 g/mol. The lowest BCUT2D eigenvalue weighted by Crippen LogP contribution is -2.41. The van der Waals surface area contributed by atoms with Crippen molar-refractivity contribution < 1.29 is 9.53 Å². The standard InChI is InChI=1S/C23H28Cl2N2O2/c1-16-3-6-22(17(2)13-16)29-12-9-26-23(28)18-7-10-27(11-8-18)15-19-4-5-20(24)14-21(19)25/h3-6,13-14,18H,7-12,15H2,1-2H3,(H,26,28). The predicted molar refractivity (Wildman–Crippen MR) is 119 cm³/mol. The third kappa shape index (κ3) is 6.36. The number of halogens is 2. The Labute approximate surface area is 183 Å². The van der Waals surface area contributed by atoms with Gasteiger partial charge in [0.25, 0.3) is 0 Å². The summed E-state index contributed by atoms with van der Waals surface area (Å²) in [6, 6.07) is 11.7. The number of carbonyl (C=O) groups excluding carboxylic acids is 1. The summed E-state index contributed by atoms with van der Waals surface area (Å²) in [5.74, 6) is 1.06. The number of hydrogen-bond donors (Lipinski definition) is 1. The van der Waals surface area contributed by atoms with Gasteiger partial charge in [-0.15, -0.1) is 0 Å². The fraction of sp³-hybridized carbons (Fsp3) is 0.435. The monoisotopic (exact) mass is 434 g/mol. The molecule has 0 aromatic heterocycles. The van der Waals surface area contributed by atoms with Gasteiger partial charge in [0, 0.05) is 22.5 Å². The van der Waals surface area contributed by atoms with Crippen molar-refractivity contribution in [2.45, 2.75) is 33.2 Å². The van der Waals surface area contributed by atoms with Crippen molar-refractivity contribution in [2.24, 2.45) is 5.92 Å². The van der Waals surface area contributed by atoms with Crippen LogP contribution in [0.1, 0.15) is 29.5 Å². The van der Waals surface area contributed by atoms with Crippen LogP contribution in [0.5, 0.6) is 5.75 Å². The van der Waals surface area contributed by atoms with Crippen LogP contribution < -0.4 is 10.1 Å². The molecule has 2 aromatic carbocycles. The summed E-state index contributed by atoms with van der Waals surface area (Å²) in [4.78, 5) is 14.8. The van der Waals surface area contributed by atoms with Crippen LogP contribution in [0.15, 0.2) is 36.4 Å². The maximum atomic E-state index is 12.5. The topological polar surface area (TPSA) is 41.6 Å². The zero-order valence-corrected chi connectivity index (χ0v) is 18.5. The molecule has 3 rings (SSSR count). The molecule has 1 aliphatic heterocycles. The van der Waals surface area contributed by atoms with Crippen LogP contribution in [0.25, 0.3) is 0 Å². The lowest BCUT2D eigenvalue weighted by Gasteiger charge is -2.31. The van der Waals surface area contributed by atoms with E-state index in [9.17, 15) is 4.79 Å². The molecule has 4 nitrogen and oxygen atoms in total. The van der Waals surface area contributed by atoms with Crippen LogP contribution in [0.2, 0.25) is 10.0 Å². The van der Waals surface area contributed by atoms with E-state index in [4.69, 9.17) is 27.9 Å². The first-order chi connectivity index (χ1) is 13.9. The molecule has 0 saturated carbocycles. The molecule has 6 heteroatoms. The fourth-order valence-corrected chi connectivity index (χ4v) is 4.15. The molecule has 0 unspecified atom stereocenters. The molecule has 0 radical (unpaired) electrons. The average molecular weight is 435 g/mol. The van der Waals surface area contributed by atoms with Crippen molar-refractivity contribution in [3.8, 4) is 5.75 Å². The third-order valence-corrected chi connectivity index (χ3v) is 5.94. The van der Waals surface area contributed by atoms with Gasteiger partial charge in [-0.05, 0) is 69.1 Å². The summed E-state index contributed by atoms with van der Waals surface area (Å²) in [5, 5.41) is 4.36. The Hall–Kier alpha value is -1.75. The van der Waals surface area contributed by atoms with Crippen LogP contribution in [0.3, 0.4) is 0 Å². The molecule has 156 valence electrons. The van der Waals surface area contributed by atoms with Crippen molar-refractivity contribution in [1.29, 1.82) is 0 Å². The number of benzene rings is 2. The first-order valence-electron chi connectivity index (χ1n) is 10.1. The molecule has 0 atom stereocenters. The maximum absolute atomic E-state index is 12.5. The molecule has 1 amide bonds. The lowest BCUT2D eigenvalue weighted by atomic mass is 9.95. The molecule has 0 aliphatic carbocycles. The largest absolute Gasteiger partial charge is 0.491 e. The van der Waals surface area contributed by atoms with Crippen molar-refractivity contribution >= 4 is 29.1 Å². The number of carbonyl (C=O) groups is 1. The second kappa shape index (κ2) is 10.3. The first kappa shape index (κ1) is 21.9. The van der Waals surface area contributed by atoms with E-state index < -0.39 is 0 Å². The number of nitrogens with zero attached hydrogens (tertiary/aromatic N) is 1. The summed E-state index contributed by atoms with van der Waals surface area (Å²) < 4.78 is 5.79. The smallest absolute Gasteiger partial charge is 0.223 e. The fourth-order valence-electron chi connectivity index (χ4n) is 3.68. The van der Waals surface area contributed by atoms with Crippen molar-refractivity contribution in [3.63, 3.8) is 0 Å². The Morgan fingerprint density at radius 1 is 1.14 bits per heavy atom. The quantitative estimate of drug-likeness (QED) is 0.622. The number of aryl methyl sites for hydroxylation is 2. The van der Waals surface area contributed by atoms with Crippen LogP contribution >= 0.6 is 23.2 Å². The molecule has 1 saturated heterocycles. The summed E-state index contributed by atoms with van der Waals surface area (Å²) in [6.45, 7) is 7.65. The van der Waals surface area contributed by atoms with Gasteiger partial charge in [-0.3, -0.25) is 9.69 Å². The number of rotatable bonds is 7. The third-order valence-electron chi connectivity index (χ3n) is 5.36. The van der Waals surface area contributed by atoms with E-state index in [0.29, 0.717) is 23.2 Å². The molecular formula is C23H28Cl2N2O2. The molecule has 1 N–H and O–H groups in total. The number of ether oxygens (including phenoxy) is 1. The van der Waals surface area contributed by atoms with Crippen molar-refractivity contribution in [2.75, 3.05) is 26.2 Å². The maximum Gasteiger partial charge on any atom is 0.223 e. The number of amides is 1. The molecule has 0 bridgehead atoms. The number of likely N-dealkylation sites (tertiary alicyclic amines) is 1. The van der Waals surface area contributed by atoms with Crippen LogP contribution in [0, 0.1) is 19.8 Å². The van der Waals surface area contributed by atoms with Crippen LogP contribution in [0.4, 0.5) is 0 Å². The number of nitrogens with one attached hydrogen (secondary N) is 1. The van der Waals surface area contributed by atoms with Gasteiger partial charge in [-0.2, -0.15) is 0 Å². The average Bonchev–Trinajstić information content (AvgIpc) is 2.69. The molecule has 1 fully saturated rings. The Balaban J connectivity index is 1.37. The zero-order chi connectivity index (χ0) is 20.8. The molecule has 1 heterocycles. The molecule has 29 heavy (non-hydrogen) atoms. The van der Waals surface area contributed by atoms with Crippen molar-refractivity contribution in [3.05, 3.63) is 63.1 Å². The summed E-state index contributed by atoms with van der Waals surface area (Å²) in [7, 11) is 0. The van der Waals surface area contributed by atoms with E-state index in [0.717, 1.165) is 49.4 Å². The highest BCUT2D eigenvalue weighted by molar-refractivity contribution is 6.35. The van der Waals surface area contributed by atoms with Gasteiger partial charge in [0.1, 0.15) is 12.4 Å². The van der Waals surface area contributed by atoms with Crippen molar-refractivity contribution in [1.82, 2.24) is 10.2 Å². The van der Waals surface area contributed by atoms with E-state index in [1.54, 1.807) is 6.07 Å². The van der Waals surface area contributed by atoms with Gasteiger partial charge in [-0.1, -0.05) is 47.0 Å². The van der Waals surface area contributed by atoms with Crippen LogP contribution in [-0.2, 0) is 11.3 Å². The first-order valence-corrected chi connectivity index (χ1v) is 10.8. The predicted octanol–water partition coefficient (Wildman–Crippen LogP) is 5.02. The van der Waals surface area contributed by atoms with E-state index in [-0.39, 0.29) is 11.8 Å². The van der Waals surface area contributed by atoms with Gasteiger partial charge >= 0.3 is 0 Å². The Morgan fingerprint density at radius 2 is 1.90 bits per heavy atom. The zero-order valence-electron chi connectivity index (χ0n) is 17.0. The summed E-state index contributed by atoms with van der Waals surface area (Å²) >= 11 is 12.2. The highest BCUT2D eigenvalue weighted by Crippen LogP contribution is 2.25. The number of piperidine rings is 1. The molecule has 2 aromatic rings. The van der Waals surface area contributed by atoms with E-state index in [1.807, 2.05) is 31.2 Å². The van der Waals surface area contributed by atoms with Gasteiger partial charge in [0.05, 0.1) is 6.54 Å². The van der Waals surface area contributed by atoms with E-state index >= 15 is 0 Å². The highest BCUT2D eigenvalue weighted by Gasteiger charge is 2.25. The minimum absolute atomic E-state index is 0.0630. The normalized spacial score (nSPS) is 15.3. The Morgan fingerprint density at radius 3 is 2.59 bits per heavy atom. The van der Waals surface area contributed by atoms with E-state index in [1.165, 1.54) is 5.56 Å². The Kier molecular flexibility index (Phi) is 7.82. The minimum atomic E-state index is 0.0630. The molecule has 0 spiro atoms. The van der Waals surface area contributed by atoms with Crippen LogP contribution in [-0.4, -0.2) is 37.0 Å². The lowest BCUT2D eigenvalue weighted by molar-refractivity contribution is -0.126. The Bertz CT molecular complexity index is 849. The second-order valence-electron chi connectivity index (χ2n) is 7.69. The van der Waals surface area contributed by atoms with Gasteiger partial charge in [0.2, 0.25) is 5.91 Å². The van der Waals surface area contributed by atoms with Gasteiger partial charge in [0.15, 0.2) is 0 Å². The molecule has 1 aliphatic rings. The highest BCUT2D eigenvalue weighted by atomic mass is 35.5.